The van der Waals surface area contributed by atoms with Gasteiger partial charge in [-0.3, -0.25) is 0 Å². The van der Waals surface area contributed by atoms with Crippen LogP contribution in [0, 0.1) is 5.92 Å². The normalized spacial score (nSPS) is 25.3. The van der Waals surface area contributed by atoms with Gasteiger partial charge in [0.1, 0.15) is 0 Å². The molecule has 1 saturated heterocycles. The number of rotatable bonds is 3. The topological polar surface area (TPSA) is 49.8 Å². The third kappa shape index (κ3) is 3.14. The van der Waals surface area contributed by atoms with Crippen molar-refractivity contribution in [3.8, 4) is 0 Å². The number of likely N-dealkylation sites (tertiary alicyclic amines) is 1. The zero-order valence-electron chi connectivity index (χ0n) is 12.1. The number of hydrogen-bond acceptors (Lipinski definition) is 2. The van der Waals surface area contributed by atoms with Crippen LogP contribution in [-0.2, 0) is 4.43 Å². The van der Waals surface area contributed by atoms with Crippen molar-refractivity contribution in [2.24, 2.45) is 5.92 Å². The summed E-state index contributed by atoms with van der Waals surface area (Å²) >= 11 is 0. The van der Waals surface area contributed by atoms with Gasteiger partial charge in [0.15, 0.2) is 8.32 Å². The van der Waals surface area contributed by atoms with E-state index in [9.17, 15) is 4.79 Å². The minimum Gasteiger partial charge on any atom is -0.465 e. The summed E-state index contributed by atoms with van der Waals surface area (Å²) in [5, 5.41) is 9.18. The van der Waals surface area contributed by atoms with Gasteiger partial charge in [-0.05, 0) is 18.1 Å². The second-order valence-corrected chi connectivity index (χ2v) is 11.3. The average molecular weight is 271 g/mol. The number of carbonyl (C=O) groups is 1. The molecule has 0 bridgehead atoms. The van der Waals surface area contributed by atoms with Crippen LogP contribution in [0.3, 0.4) is 0 Å². The Hall–Kier alpha value is -0.813. The molecule has 0 aromatic rings. The molecular weight excluding hydrogens is 246 g/mol. The molecule has 1 heterocycles. The van der Waals surface area contributed by atoms with Gasteiger partial charge < -0.3 is 14.4 Å². The summed E-state index contributed by atoms with van der Waals surface area (Å²) in [6.45, 7) is 15.7. The fourth-order valence-corrected chi connectivity index (χ4v) is 3.22. The molecule has 1 amide bonds. The van der Waals surface area contributed by atoms with E-state index in [1.54, 1.807) is 0 Å². The van der Waals surface area contributed by atoms with Crippen LogP contribution in [-0.4, -0.2) is 43.6 Å². The Kier molecular flexibility index (Phi) is 4.28. The van der Waals surface area contributed by atoms with E-state index in [0.717, 1.165) is 0 Å². The van der Waals surface area contributed by atoms with Crippen molar-refractivity contribution in [1.82, 2.24) is 4.90 Å². The Morgan fingerprint density at radius 1 is 1.44 bits per heavy atom. The Bertz CT molecular complexity index is 336. The maximum Gasteiger partial charge on any atom is 0.407 e. The number of amides is 1. The van der Waals surface area contributed by atoms with E-state index in [2.05, 4.69) is 40.4 Å². The lowest BCUT2D eigenvalue weighted by atomic mass is 10.1. The Balaban J connectivity index is 2.78. The van der Waals surface area contributed by atoms with Gasteiger partial charge in [0.05, 0.1) is 6.10 Å². The molecule has 1 aliphatic heterocycles. The molecule has 104 valence electrons. The van der Waals surface area contributed by atoms with Crippen LogP contribution in [0.25, 0.3) is 0 Å². The molecular formula is C13H25NO3Si. The highest BCUT2D eigenvalue weighted by Crippen LogP contribution is 2.39. The van der Waals surface area contributed by atoms with Crippen LogP contribution in [0.5, 0.6) is 0 Å². The predicted octanol–water partition coefficient (Wildman–Crippen LogP) is 3.17. The highest BCUT2D eigenvalue weighted by atomic mass is 28.4. The molecule has 0 aromatic heterocycles. The van der Waals surface area contributed by atoms with Crippen molar-refractivity contribution < 1.29 is 14.3 Å². The van der Waals surface area contributed by atoms with E-state index in [-0.39, 0.29) is 17.1 Å². The fraction of sp³-hybridized carbons (Fsp3) is 0.769. The average Bonchev–Trinajstić information content (AvgIpc) is 2.58. The Morgan fingerprint density at radius 3 is 2.39 bits per heavy atom. The van der Waals surface area contributed by atoms with Gasteiger partial charge in [-0.25, -0.2) is 4.79 Å². The monoisotopic (exact) mass is 271 g/mol. The molecule has 0 spiro atoms. The zero-order valence-corrected chi connectivity index (χ0v) is 13.1. The maximum absolute atomic E-state index is 11.0. The summed E-state index contributed by atoms with van der Waals surface area (Å²) in [6.07, 6.45) is 0.906. The summed E-state index contributed by atoms with van der Waals surface area (Å²) in [5.74, 6) is 0.107. The zero-order chi connectivity index (χ0) is 14.1. The lowest BCUT2D eigenvalue weighted by Gasteiger charge is -2.39. The second-order valence-electron chi connectivity index (χ2n) is 6.50. The number of nitrogens with zero attached hydrogens (tertiary/aromatic N) is 1. The van der Waals surface area contributed by atoms with Gasteiger partial charge in [-0.2, -0.15) is 0 Å². The first-order valence-corrected chi connectivity index (χ1v) is 9.27. The van der Waals surface area contributed by atoms with Gasteiger partial charge in [-0.15, -0.1) is 6.58 Å². The molecule has 1 aliphatic rings. The largest absolute Gasteiger partial charge is 0.465 e. The lowest BCUT2D eigenvalue weighted by molar-refractivity contribution is 0.140. The minimum absolute atomic E-state index is 0.0421. The van der Waals surface area contributed by atoms with E-state index < -0.39 is 14.4 Å². The molecule has 0 aliphatic carbocycles. The van der Waals surface area contributed by atoms with Gasteiger partial charge in [0, 0.05) is 19.0 Å². The third-order valence-corrected chi connectivity index (χ3v) is 8.64. The summed E-state index contributed by atoms with van der Waals surface area (Å²) in [7, 11) is -1.86. The molecule has 0 aromatic carbocycles. The molecule has 2 unspecified atom stereocenters. The predicted molar refractivity (Wildman–Crippen MR) is 75.4 cm³/mol. The van der Waals surface area contributed by atoms with E-state index in [1.165, 1.54) is 4.90 Å². The fourth-order valence-electron chi connectivity index (χ4n) is 1.86. The smallest absolute Gasteiger partial charge is 0.407 e. The first-order valence-electron chi connectivity index (χ1n) is 6.37. The third-order valence-electron chi connectivity index (χ3n) is 4.13. The van der Waals surface area contributed by atoms with E-state index in [1.807, 2.05) is 6.08 Å². The van der Waals surface area contributed by atoms with Crippen molar-refractivity contribution in [2.75, 3.05) is 13.1 Å². The minimum atomic E-state index is -1.86. The highest BCUT2D eigenvalue weighted by molar-refractivity contribution is 6.74. The van der Waals surface area contributed by atoms with E-state index in [0.29, 0.717) is 13.1 Å². The van der Waals surface area contributed by atoms with E-state index >= 15 is 0 Å². The van der Waals surface area contributed by atoms with Gasteiger partial charge >= 0.3 is 6.09 Å². The molecule has 18 heavy (non-hydrogen) atoms. The molecule has 1 fully saturated rings. The molecule has 0 saturated carbocycles. The summed E-state index contributed by atoms with van der Waals surface area (Å²) in [5.41, 5.74) is 0. The van der Waals surface area contributed by atoms with Crippen LogP contribution < -0.4 is 0 Å². The molecule has 1 N–H and O–H groups in total. The quantitative estimate of drug-likeness (QED) is 0.633. The first kappa shape index (κ1) is 15.2. The van der Waals surface area contributed by atoms with Crippen LogP contribution >= 0.6 is 0 Å². The molecule has 5 heteroatoms. The number of carboxylic acid groups (broad SMARTS) is 1. The standard InChI is InChI=1S/C13H25NO3Si/c1-7-10-8-14(12(15)16)9-11(10)17-18(5,6)13(2,3)4/h7,10-11H,1,8-9H2,2-6H3,(H,15,16). The van der Waals surface area contributed by atoms with Crippen LogP contribution in [0.1, 0.15) is 20.8 Å². The number of hydrogen-bond donors (Lipinski definition) is 1. The van der Waals surface area contributed by atoms with Crippen molar-refractivity contribution in [3.05, 3.63) is 12.7 Å². The van der Waals surface area contributed by atoms with Crippen LogP contribution in [0.2, 0.25) is 18.1 Å². The molecule has 0 radical (unpaired) electrons. The van der Waals surface area contributed by atoms with Gasteiger partial charge in [-0.1, -0.05) is 26.8 Å². The summed E-state index contributed by atoms with van der Waals surface area (Å²) < 4.78 is 6.31. The highest BCUT2D eigenvalue weighted by Gasteiger charge is 2.43. The van der Waals surface area contributed by atoms with Crippen molar-refractivity contribution in [2.45, 2.75) is 45.0 Å². The van der Waals surface area contributed by atoms with Crippen LogP contribution in [0.15, 0.2) is 12.7 Å². The lowest BCUT2D eigenvalue weighted by Crippen LogP contribution is -2.45. The molecule has 2 atom stereocenters. The van der Waals surface area contributed by atoms with Gasteiger partial charge in [0.25, 0.3) is 0 Å². The van der Waals surface area contributed by atoms with Crippen LogP contribution in [0.4, 0.5) is 4.79 Å². The Labute approximate surface area is 111 Å². The summed E-state index contributed by atoms with van der Waals surface area (Å²) in [6, 6.07) is 0. The van der Waals surface area contributed by atoms with Crippen molar-refractivity contribution in [1.29, 1.82) is 0 Å². The van der Waals surface area contributed by atoms with Gasteiger partial charge in [0.2, 0.25) is 0 Å². The van der Waals surface area contributed by atoms with Crippen molar-refractivity contribution >= 4 is 14.4 Å². The van der Waals surface area contributed by atoms with Crippen molar-refractivity contribution in [3.63, 3.8) is 0 Å². The molecule has 1 rings (SSSR count). The summed E-state index contributed by atoms with van der Waals surface area (Å²) in [4.78, 5) is 12.4. The van der Waals surface area contributed by atoms with E-state index in [4.69, 9.17) is 9.53 Å². The SMILES string of the molecule is C=CC1CN(C(=O)O)CC1O[Si](C)(C)C(C)(C)C. The first-order chi connectivity index (χ1) is 8.08. The second kappa shape index (κ2) is 5.05. The Morgan fingerprint density at radius 2 is 2.00 bits per heavy atom. The maximum atomic E-state index is 11.0. The molecule has 4 nitrogen and oxygen atoms in total.